The SMILES string of the molecule is COc1ccc(/C=C/C(=O)c2ccc(OC)c3c2OC(C)(C)C=C3)cc1NCCCCCC(=O)NO. The molecule has 8 nitrogen and oxygen atoms in total. The molecule has 3 N–H and O–H groups in total. The largest absolute Gasteiger partial charge is 0.496 e. The molecule has 0 bridgehead atoms. The van der Waals surface area contributed by atoms with Crippen LogP contribution in [0.15, 0.2) is 42.5 Å². The number of amides is 1. The van der Waals surface area contributed by atoms with Gasteiger partial charge in [-0.2, -0.15) is 0 Å². The van der Waals surface area contributed by atoms with E-state index in [1.54, 1.807) is 37.9 Å². The summed E-state index contributed by atoms with van der Waals surface area (Å²) in [6, 6.07) is 9.16. The van der Waals surface area contributed by atoms with E-state index in [-0.39, 0.29) is 11.7 Å². The number of nitrogens with one attached hydrogen (secondary N) is 2. The third-order valence-electron chi connectivity index (χ3n) is 5.83. The van der Waals surface area contributed by atoms with Gasteiger partial charge in [0.2, 0.25) is 5.91 Å². The molecule has 1 amide bonds. The molecule has 0 atom stereocenters. The van der Waals surface area contributed by atoms with Crippen molar-refractivity contribution in [3.05, 3.63) is 59.2 Å². The molecule has 0 unspecified atom stereocenters. The maximum absolute atomic E-state index is 13.1. The molecule has 1 heterocycles. The predicted molar refractivity (Wildman–Crippen MR) is 140 cm³/mol. The van der Waals surface area contributed by atoms with Gasteiger partial charge < -0.3 is 19.5 Å². The van der Waals surface area contributed by atoms with Crippen LogP contribution in [0.5, 0.6) is 17.2 Å². The van der Waals surface area contributed by atoms with Gasteiger partial charge in [-0.3, -0.25) is 14.8 Å². The van der Waals surface area contributed by atoms with Crippen LogP contribution in [0.1, 0.15) is 61.0 Å². The molecule has 0 fully saturated rings. The highest BCUT2D eigenvalue weighted by atomic mass is 16.5. The maximum atomic E-state index is 13.1. The summed E-state index contributed by atoms with van der Waals surface area (Å²) >= 11 is 0. The minimum atomic E-state index is -0.528. The van der Waals surface area contributed by atoms with E-state index in [1.165, 1.54) is 6.08 Å². The van der Waals surface area contributed by atoms with Gasteiger partial charge >= 0.3 is 0 Å². The third kappa shape index (κ3) is 6.88. The van der Waals surface area contributed by atoms with Crippen molar-refractivity contribution in [1.29, 1.82) is 0 Å². The van der Waals surface area contributed by atoms with Crippen molar-refractivity contribution in [2.75, 3.05) is 26.1 Å². The normalized spacial score (nSPS) is 13.6. The molecule has 0 saturated heterocycles. The van der Waals surface area contributed by atoms with Crippen LogP contribution < -0.4 is 25.0 Å². The first-order valence-corrected chi connectivity index (χ1v) is 11.9. The number of anilines is 1. The quantitative estimate of drug-likeness (QED) is 0.121. The molecule has 2 aromatic carbocycles. The molecule has 8 heteroatoms. The smallest absolute Gasteiger partial charge is 0.243 e. The van der Waals surface area contributed by atoms with Gasteiger partial charge in [0.25, 0.3) is 0 Å². The summed E-state index contributed by atoms with van der Waals surface area (Å²) in [5.41, 5.74) is 4.00. The van der Waals surface area contributed by atoms with Gasteiger partial charge in [-0.25, -0.2) is 5.48 Å². The summed E-state index contributed by atoms with van der Waals surface area (Å²) in [5.74, 6) is 1.33. The lowest BCUT2D eigenvalue weighted by atomic mass is 9.97. The number of benzene rings is 2. The Morgan fingerprint density at radius 2 is 1.81 bits per heavy atom. The van der Waals surface area contributed by atoms with Crippen LogP contribution in [0.2, 0.25) is 0 Å². The molecule has 1 aliphatic rings. The average Bonchev–Trinajstić information content (AvgIpc) is 2.87. The third-order valence-corrected chi connectivity index (χ3v) is 5.83. The summed E-state index contributed by atoms with van der Waals surface area (Å²) in [7, 11) is 3.20. The second-order valence-corrected chi connectivity index (χ2v) is 9.03. The number of fused-ring (bicyclic) bond motifs is 1. The molecule has 192 valence electrons. The summed E-state index contributed by atoms with van der Waals surface area (Å²) in [6.45, 7) is 4.57. The van der Waals surface area contributed by atoms with Crippen molar-refractivity contribution in [3.63, 3.8) is 0 Å². The summed E-state index contributed by atoms with van der Waals surface area (Å²) in [5, 5.41) is 11.9. The highest BCUT2D eigenvalue weighted by Gasteiger charge is 2.27. The van der Waals surface area contributed by atoms with Crippen LogP contribution in [0.4, 0.5) is 5.69 Å². The van der Waals surface area contributed by atoms with Crippen LogP contribution in [-0.2, 0) is 4.79 Å². The Morgan fingerprint density at radius 3 is 2.53 bits per heavy atom. The lowest BCUT2D eigenvalue weighted by molar-refractivity contribution is -0.129. The van der Waals surface area contributed by atoms with Gasteiger partial charge in [-0.15, -0.1) is 0 Å². The van der Waals surface area contributed by atoms with Gasteiger partial charge in [0, 0.05) is 13.0 Å². The molecule has 0 spiro atoms. The lowest BCUT2D eigenvalue weighted by Crippen LogP contribution is -2.28. The van der Waals surface area contributed by atoms with E-state index in [1.807, 2.05) is 44.2 Å². The van der Waals surface area contributed by atoms with Crippen LogP contribution in [0, 0.1) is 0 Å². The molecular formula is C28H34N2O6. The predicted octanol–water partition coefficient (Wildman–Crippen LogP) is 5.26. The number of allylic oxidation sites excluding steroid dienone is 1. The fourth-order valence-electron chi connectivity index (χ4n) is 3.90. The molecule has 0 saturated carbocycles. The van der Waals surface area contributed by atoms with E-state index >= 15 is 0 Å². The number of ketones is 1. The number of unbranched alkanes of at least 4 members (excludes halogenated alkanes) is 2. The van der Waals surface area contributed by atoms with Crippen LogP contribution in [-0.4, -0.2) is 43.3 Å². The zero-order valence-electron chi connectivity index (χ0n) is 21.2. The van der Waals surface area contributed by atoms with E-state index in [4.69, 9.17) is 19.4 Å². The van der Waals surface area contributed by atoms with Crippen molar-refractivity contribution in [2.45, 2.75) is 45.1 Å². The Hall–Kier alpha value is -3.78. The number of carbonyl (C=O) groups is 2. The molecule has 0 aromatic heterocycles. The molecule has 0 aliphatic carbocycles. The second kappa shape index (κ2) is 12.3. The minimum Gasteiger partial charge on any atom is -0.496 e. The first-order valence-electron chi connectivity index (χ1n) is 11.9. The lowest BCUT2D eigenvalue weighted by Gasteiger charge is -2.29. The number of carbonyl (C=O) groups excluding carboxylic acids is 2. The second-order valence-electron chi connectivity index (χ2n) is 9.03. The van der Waals surface area contributed by atoms with E-state index < -0.39 is 5.60 Å². The number of ether oxygens (including phenoxy) is 3. The van der Waals surface area contributed by atoms with E-state index in [2.05, 4.69) is 5.32 Å². The van der Waals surface area contributed by atoms with Crippen LogP contribution in [0.3, 0.4) is 0 Å². The Kier molecular flexibility index (Phi) is 9.13. The molecule has 3 rings (SSSR count). The molecule has 1 aliphatic heterocycles. The fourth-order valence-corrected chi connectivity index (χ4v) is 3.90. The van der Waals surface area contributed by atoms with Crippen LogP contribution in [0.25, 0.3) is 12.2 Å². The van der Waals surface area contributed by atoms with E-state index in [9.17, 15) is 9.59 Å². The monoisotopic (exact) mass is 494 g/mol. The first-order chi connectivity index (χ1) is 17.3. The fraction of sp³-hybridized carbons (Fsp3) is 0.357. The van der Waals surface area contributed by atoms with Crippen molar-refractivity contribution in [2.24, 2.45) is 0 Å². The maximum Gasteiger partial charge on any atom is 0.243 e. The van der Waals surface area contributed by atoms with Gasteiger partial charge in [0.05, 0.1) is 31.0 Å². The minimum absolute atomic E-state index is 0.169. The van der Waals surface area contributed by atoms with Gasteiger partial charge in [0.15, 0.2) is 5.78 Å². The van der Waals surface area contributed by atoms with Crippen molar-refractivity contribution >= 4 is 29.5 Å². The number of hydrogen-bond acceptors (Lipinski definition) is 7. The van der Waals surface area contributed by atoms with Gasteiger partial charge in [-0.05, 0) is 74.7 Å². The van der Waals surface area contributed by atoms with Crippen molar-refractivity contribution in [1.82, 2.24) is 5.48 Å². The molecule has 36 heavy (non-hydrogen) atoms. The first kappa shape index (κ1) is 26.8. The number of methoxy groups -OCH3 is 2. The van der Waals surface area contributed by atoms with Crippen molar-refractivity contribution in [3.8, 4) is 17.2 Å². The Bertz CT molecular complexity index is 1150. The number of hydroxylamine groups is 1. The molecule has 0 radical (unpaired) electrons. The Balaban J connectivity index is 1.70. The van der Waals surface area contributed by atoms with E-state index in [0.29, 0.717) is 42.2 Å². The summed E-state index contributed by atoms with van der Waals surface area (Å²) in [6.07, 6.45) is 9.87. The number of hydrogen-bond donors (Lipinski definition) is 3. The van der Waals surface area contributed by atoms with E-state index in [0.717, 1.165) is 29.7 Å². The Labute approximate surface area is 211 Å². The van der Waals surface area contributed by atoms with Gasteiger partial charge in [0.1, 0.15) is 22.8 Å². The highest BCUT2D eigenvalue weighted by molar-refractivity contribution is 6.09. The highest BCUT2D eigenvalue weighted by Crippen LogP contribution is 2.40. The average molecular weight is 495 g/mol. The summed E-state index contributed by atoms with van der Waals surface area (Å²) in [4.78, 5) is 24.2. The molecule has 2 aromatic rings. The summed E-state index contributed by atoms with van der Waals surface area (Å²) < 4.78 is 17.0. The van der Waals surface area contributed by atoms with Crippen molar-refractivity contribution < 1.29 is 29.0 Å². The topological polar surface area (TPSA) is 106 Å². The zero-order valence-corrected chi connectivity index (χ0v) is 21.2. The van der Waals surface area contributed by atoms with Gasteiger partial charge in [-0.1, -0.05) is 18.6 Å². The Morgan fingerprint density at radius 1 is 1.06 bits per heavy atom. The van der Waals surface area contributed by atoms with Crippen LogP contribution >= 0.6 is 0 Å². The number of rotatable bonds is 12. The zero-order chi connectivity index (χ0) is 26.1. The standard InChI is InChI=1S/C28H34N2O6/c1-28(2)16-15-21-24(34-3)14-11-20(27(21)36-28)23(31)12-9-19-10-13-25(35-4)22(18-19)29-17-7-5-6-8-26(32)30-33/h9-16,18,29,33H,5-8,17H2,1-4H3,(H,30,32)/b12-9+. The molecular weight excluding hydrogens is 460 g/mol.